The van der Waals surface area contributed by atoms with Gasteiger partial charge in [0, 0.05) is 29.5 Å². The summed E-state index contributed by atoms with van der Waals surface area (Å²) >= 11 is 0. The van der Waals surface area contributed by atoms with Crippen molar-refractivity contribution in [1.29, 1.82) is 0 Å². The van der Waals surface area contributed by atoms with E-state index < -0.39 is 0 Å². The molecule has 2 aromatic rings. The molecule has 78 valence electrons. The molecule has 0 unspecified atom stereocenters. The van der Waals surface area contributed by atoms with Gasteiger partial charge in [0.2, 0.25) is 0 Å². The van der Waals surface area contributed by atoms with Gasteiger partial charge in [0.25, 0.3) is 5.56 Å². The minimum atomic E-state index is -0.0970. The standard InChI is InChI=1S/C12H13NO2/c1-8-9-4-2-3-5-11(9)13-12(15)10(8)6-7-14/h2-5,14H,6-7H2,1H3,(H,13,15). The summed E-state index contributed by atoms with van der Waals surface area (Å²) in [4.78, 5) is 14.5. The third kappa shape index (κ3) is 1.66. The van der Waals surface area contributed by atoms with Crippen molar-refractivity contribution < 1.29 is 5.11 Å². The number of pyridine rings is 1. The quantitative estimate of drug-likeness (QED) is 0.774. The molecule has 0 fully saturated rings. The third-order valence-corrected chi connectivity index (χ3v) is 2.67. The van der Waals surface area contributed by atoms with E-state index in [0.717, 1.165) is 16.5 Å². The van der Waals surface area contributed by atoms with Crippen LogP contribution in [-0.4, -0.2) is 16.7 Å². The lowest BCUT2D eigenvalue weighted by molar-refractivity contribution is 0.299. The van der Waals surface area contributed by atoms with E-state index in [2.05, 4.69) is 4.98 Å². The van der Waals surface area contributed by atoms with Gasteiger partial charge in [-0.1, -0.05) is 18.2 Å². The van der Waals surface area contributed by atoms with Crippen molar-refractivity contribution in [2.24, 2.45) is 0 Å². The van der Waals surface area contributed by atoms with E-state index in [1.165, 1.54) is 0 Å². The Bertz CT molecular complexity index is 543. The topological polar surface area (TPSA) is 53.1 Å². The summed E-state index contributed by atoms with van der Waals surface area (Å²) < 4.78 is 0. The summed E-state index contributed by atoms with van der Waals surface area (Å²) in [6, 6.07) is 7.69. The lowest BCUT2D eigenvalue weighted by Gasteiger charge is -2.06. The molecule has 1 heterocycles. The predicted octanol–water partition coefficient (Wildman–Crippen LogP) is 1.37. The van der Waals surface area contributed by atoms with E-state index in [-0.39, 0.29) is 12.2 Å². The molecule has 0 spiro atoms. The molecule has 2 rings (SSSR count). The Balaban J connectivity index is 2.78. The maximum Gasteiger partial charge on any atom is 0.251 e. The molecular formula is C12H13NO2. The number of fused-ring (bicyclic) bond motifs is 1. The normalized spacial score (nSPS) is 10.8. The Morgan fingerprint density at radius 2 is 2.07 bits per heavy atom. The van der Waals surface area contributed by atoms with E-state index >= 15 is 0 Å². The first-order valence-corrected chi connectivity index (χ1v) is 4.95. The van der Waals surface area contributed by atoms with Crippen molar-refractivity contribution in [1.82, 2.24) is 4.98 Å². The highest BCUT2D eigenvalue weighted by molar-refractivity contribution is 5.82. The van der Waals surface area contributed by atoms with Gasteiger partial charge >= 0.3 is 0 Å². The summed E-state index contributed by atoms with van der Waals surface area (Å²) in [5, 5.41) is 9.93. The van der Waals surface area contributed by atoms with Crippen LogP contribution in [0.1, 0.15) is 11.1 Å². The maximum absolute atomic E-state index is 11.7. The van der Waals surface area contributed by atoms with Crippen LogP contribution >= 0.6 is 0 Å². The molecular weight excluding hydrogens is 190 g/mol. The molecule has 0 atom stereocenters. The van der Waals surface area contributed by atoms with Gasteiger partial charge in [-0.25, -0.2) is 0 Å². The third-order valence-electron chi connectivity index (χ3n) is 2.67. The summed E-state index contributed by atoms with van der Waals surface area (Å²) in [6.45, 7) is 1.92. The first-order valence-electron chi connectivity index (χ1n) is 4.95. The van der Waals surface area contributed by atoms with Crippen LogP contribution in [0.2, 0.25) is 0 Å². The Morgan fingerprint density at radius 3 is 2.80 bits per heavy atom. The van der Waals surface area contributed by atoms with Gasteiger partial charge in [-0.15, -0.1) is 0 Å². The number of aryl methyl sites for hydroxylation is 1. The first kappa shape index (κ1) is 9.93. The number of para-hydroxylation sites is 1. The van der Waals surface area contributed by atoms with Crippen LogP contribution in [-0.2, 0) is 6.42 Å². The van der Waals surface area contributed by atoms with Gasteiger partial charge in [-0.05, 0) is 18.6 Å². The molecule has 0 aliphatic rings. The Kier molecular flexibility index (Phi) is 2.56. The SMILES string of the molecule is Cc1c(CCO)c(=O)[nH]c2ccccc12. The number of aliphatic hydroxyl groups is 1. The Labute approximate surface area is 87.4 Å². The fourth-order valence-electron chi connectivity index (χ4n) is 1.86. The van der Waals surface area contributed by atoms with Crippen molar-refractivity contribution in [3.63, 3.8) is 0 Å². The number of aliphatic hydroxyl groups excluding tert-OH is 1. The van der Waals surface area contributed by atoms with Gasteiger partial charge < -0.3 is 10.1 Å². The highest BCUT2D eigenvalue weighted by Crippen LogP contribution is 2.16. The molecule has 0 bridgehead atoms. The van der Waals surface area contributed by atoms with Crippen molar-refractivity contribution in [3.05, 3.63) is 45.7 Å². The lowest BCUT2D eigenvalue weighted by Crippen LogP contribution is -2.16. The summed E-state index contributed by atoms with van der Waals surface area (Å²) in [5.74, 6) is 0. The number of hydrogen-bond donors (Lipinski definition) is 2. The van der Waals surface area contributed by atoms with Gasteiger partial charge in [-0.2, -0.15) is 0 Å². The van der Waals surface area contributed by atoms with Crippen molar-refractivity contribution >= 4 is 10.9 Å². The molecule has 0 radical (unpaired) electrons. The second-order valence-corrected chi connectivity index (χ2v) is 3.58. The molecule has 1 aromatic heterocycles. The first-order chi connectivity index (χ1) is 7.24. The van der Waals surface area contributed by atoms with Crippen LogP contribution in [0.5, 0.6) is 0 Å². The molecule has 0 saturated heterocycles. The maximum atomic E-state index is 11.7. The average molecular weight is 203 g/mol. The summed E-state index contributed by atoms with van der Waals surface area (Å²) in [5.41, 5.74) is 2.39. The van der Waals surface area contributed by atoms with Gasteiger partial charge in [0.1, 0.15) is 0 Å². The average Bonchev–Trinajstić information content (AvgIpc) is 2.24. The van der Waals surface area contributed by atoms with E-state index in [9.17, 15) is 4.79 Å². The molecule has 0 amide bonds. The minimum absolute atomic E-state index is 0.00224. The van der Waals surface area contributed by atoms with E-state index in [4.69, 9.17) is 5.11 Å². The zero-order chi connectivity index (χ0) is 10.8. The monoisotopic (exact) mass is 203 g/mol. The Morgan fingerprint density at radius 1 is 1.33 bits per heavy atom. The van der Waals surface area contributed by atoms with Gasteiger partial charge in [0.05, 0.1) is 0 Å². The molecule has 2 N–H and O–H groups in total. The van der Waals surface area contributed by atoms with E-state index in [1.807, 2.05) is 31.2 Å². The molecule has 3 heteroatoms. The minimum Gasteiger partial charge on any atom is -0.396 e. The fraction of sp³-hybridized carbons (Fsp3) is 0.250. The summed E-state index contributed by atoms with van der Waals surface area (Å²) in [6.07, 6.45) is 0.409. The van der Waals surface area contributed by atoms with Gasteiger partial charge in [0.15, 0.2) is 0 Å². The lowest BCUT2D eigenvalue weighted by atomic mass is 10.0. The highest BCUT2D eigenvalue weighted by atomic mass is 16.3. The van der Waals surface area contributed by atoms with Crippen molar-refractivity contribution in [2.45, 2.75) is 13.3 Å². The van der Waals surface area contributed by atoms with Gasteiger partial charge in [-0.3, -0.25) is 4.79 Å². The number of benzene rings is 1. The highest BCUT2D eigenvalue weighted by Gasteiger charge is 2.07. The molecule has 0 saturated carbocycles. The number of rotatable bonds is 2. The number of nitrogens with one attached hydrogen (secondary N) is 1. The number of aromatic nitrogens is 1. The molecule has 1 aromatic carbocycles. The van der Waals surface area contributed by atoms with Crippen molar-refractivity contribution in [2.75, 3.05) is 6.61 Å². The molecule has 0 aliphatic carbocycles. The zero-order valence-corrected chi connectivity index (χ0v) is 8.58. The van der Waals surface area contributed by atoms with E-state index in [1.54, 1.807) is 0 Å². The number of hydrogen-bond acceptors (Lipinski definition) is 2. The van der Waals surface area contributed by atoms with Crippen LogP contribution in [0.4, 0.5) is 0 Å². The second kappa shape index (κ2) is 3.87. The van der Waals surface area contributed by atoms with Crippen LogP contribution in [0, 0.1) is 6.92 Å². The smallest absolute Gasteiger partial charge is 0.251 e. The number of H-pyrrole nitrogens is 1. The van der Waals surface area contributed by atoms with E-state index in [0.29, 0.717) is 12.0 Å². The Hall–Kier alpha value is -1.61. The van der Waals surface area contributed by atoms with Crippen LogP contribution < -0.4 is 5.56 Å². The predicted molar refractivity (Wildman–Crippen MR) is 60.1 cm³/mol. The molecule has 0 aliphatic heterocycles. The zero-order valence-electron chi connectivity index (χ0n) is 8.58. The molecule has 15 heavy (non-hydrogen) atoms. The molecule has 3 nitrogen and oxygen atoms in total. The van der Waals surface area contributed by atoms with Crippen LogP contribution in [0.3, 0.4) is 0 Å². The largest absolute Gasteiger partial charge is 0.396 e. The van der Waals surface area contributed by atoms with Crippen molar-refractivity contribution in [3.8, 4) is 0 Å². The van der Waals surface area contributed by atoms with Crippen LogP contribution in [0.15, 0.2) is 29.1 Å². The number of aromatic amines is 1. The second-order valence-electron chi connectivity index (χ2n) is 3.58. The fourth-order valence-corrected chi connectivity index (χ4v) is 1.86. The van der Waals surface area contributed by atoms with Crippen LogP contribution in [0.25, 0.3) is 10.9 Å². The summed E-state index contributed by atoms with van der Waals surface area (Å²) in [7, 11) is 0.